The normalized spacial score (nSPS) is 26.2. The number of halogens is 2. The molecular formula is C14H17F2N3O3. The Kier molecular flexibility index (Phi) is 4.37. The van der Waals surface area contributed by atoms with Crippen LogP contribution in [0.4, 0.5) is 13.6 Å². The van der Waals surface area contributed by atoms with Crippen molar-refractivity contribution in [2.45, 2.75) is 50.7 Å². The first-order chi connectivity index (χ1) is 10.6. The first-order valence-electron chi connectivity index (χ1n) is 7.20. The summed E-state index contributed by atoms with van der Waals surface area (Å²) in [6.45, 7) is -2.72. The Hall–Kier alpha value is -1.96. The summed E-state index contributed by atoms with van der Waals surface area (Å²) in [4.78, 5) is 15.5. The smallest absolute Gasteiger partial charge is 0.388 e. The molecule has 6 nitrogen and oxygen atoms in total. The van der Waals surface area contributed by atoms with Crippen LogP contribution in [-0.2, 0) is 11.3 Å². The molecule has 0 spiro atoms. The van der Waals surface area contributed by atoms with Crippen LogP contribution in [0.15, 0.2) is 18.3 Å². The maximum atomic E-state index is 12.1. The van der Waals surface area contributed by atoms with Gasteiger partial charge in [-0.1, -0.05) is 0 Å². The van der Waals surface area contributed by atoms with E-state index in [1.165, 1.54) is 12.3 Å². The molecular weight excluding hydrogens is 296 g/mol. The van der Waals surface area contributed by atoms with E-state index in [9.17, 15) is 13.6 Å². The minimum absolute atomic E-state index is 0.0499. The number of nitrogens with one attached hydrogen (secondary N) is 2. The topological polar surface area (TPSA) is 72.5 Å². The zero-order valence-corrected chi connectivity index (χ0v) is 11.8. The van der Waals surface area contributed by atoms with Crippen molar-refractivity contribution in [1.29, 1.82) is 0 Å². The van der Waals surface area contributed by atoms with E-state index in [-0.39, 0.29) is 36.7 Å². The van der Waals surface area contributed by atoms with Crippen molar-refractivity contribution in [1.82, 2.24) is 15.6 Å². The first-order valence-corrected chi connectivity index (χ1v) is 7.20. The van der Waals surface area contributed by atoms with Gasteiger partial charge in [0.05, 0.1) is 18.2 Å². The van der Waals surface area contributed by atoms with E-state index in [0.717, 1.165) is 19.3 Å². The Morgan fingerprint density at radius 2 is 2.36 bits per heavy atom. The summed E-state index contributed by atoms with van der Waals surface area (Å²) in [6, 6.07) is 2.75. The van der Waals surface area contributed by atoms with Gasteiger partial charge in [0.2, 0.25) is 5.88 Å². The highest BCUT2D eigenvalue weighted by atomic mass is 19.3. The van der Waals surface area contributed by atoms with Crippen LogP contribution in [0.3, 0.4) is 0 Å². The first kappa shape index (κ1) is 15.0. The highest BCUT2D eigenvalue weighted by Gasteiger charge is 2.41. The molecule has 2 N–H and O–H groups in total. The molecule has 2 aliphatic rings. The molecule has 3 heterocycles. The lowest BCUT2D eigenvalue weighted by Gasteiger charge is -2.20. The third-order valence-electron chi connectivity index (χ3n) is 3.88. The van der Waals surface area contributed by atoms with Gasteiger partial charge in [-0.15, -0.1) is 0 Å². The van der Waals surface area contributed by atoms with Crippen LogP contribution in [0.2, 0.25) is 0 Å². The van der Waals surface area contributed by atoms with Gasteiger partial charge in [-0.3, -0.25) is 0 Å². The van der Waals surface area contributed by atoms with Crippen LogP contribution < -0.4 is 15.4 Å². The van der Waals surface area contributed by atoms with Crippen LogP contribution >= 0.6 is 0 Å². The third-order valence-corrected chi connectivity index (χ3v) is 3.88. The van der Waals surface area contributed by atoms with Crippen molar-refractivity contribution in [3.63, 3.8) is 0 Å². The minimum Gasteiger partial charge on any atom is -0.417 e. The predicted molar refractivity (Wildman–Crippen MR) is 72.5 cm³/mol. The number of amides is 2. The van der Waals surface area contributed by atoms with Gasteiger partial charge in [0.15, 0.2) is 0 Å². The summed E-state index contributed by atoms with van der Waals surface area (Å²) in [6.07, 6.45) is 4.63. The number of ether oxygens (including phenoxy) is 2. The summed E-state index contributed by atoms with van der Waals surface area (Å²) in [5, 5.41) is 5.57. The fourth-order valence-corrected chi connectivity index (χ4v) is 2.91. The van der Waals surface area contributed by atoms with Gasteiger partial charge in [-0.25, -0.2) is 9.78 Å². The van der Waals surface area contributed by atoms with Crippen molar-refractivity contribution in [3.05, 3.63) is 23.9 Å². The molecule has 2 bridgehead atoms. The Labute approximate surface area is 126 Å². The van der Waals surface area contributed by atoms with Crippen molar-refractivity contribution < 1.29 is 23.0 Å². The van der Waals surface area contributed by atoms with Gasteiger partial charge in [0.1, 0.15) is 0 Å². The molecule has 0 aromatic carbocycles. The number of hydrogen-bond acceptors (Lipinski definition) is 4. The highest BCUT2D eigenvalue weighted by molar-refractivity contribution is 5.74. The number of alkyl halides is 2. The number of pyridine rings is 1. The lowest BCUT2D eigenvalue weighted by molar-refractivity contribution is -0.0529. The maximum absolute atomic E-state index is 12.1. The van der Waals surface area contributed by atoms with E-state index >= 15 is 0 Å². The largest absolute Gasteiger partial charge is 0.417 e. The second-order valence-corrected chi connectivity index (χ2v) is 5.42. The van der Waals surface area contributed by atoms with Gasteiger partial charge in [0, 0.05) is 18.8 Å². The number of carbonyl (C=O) groups is 1. The van der Waals surface area contributed by atoms with E-state index in [0.29, 0.717) is 5.56 Å². The number of rotatable bonds is 5. The van der Waals surface area contributed by atoms with Crippen molar-refractivity contribution in [2.75, 3.05) is 0 Å². The van der Waals surface area contributed by atoms with E-state index in [2.05, 4.69) is 20.4 Å². The van der Waals surface area contributed by atoms with Crippen LogP contribution in [0.1, 0.15) is 24.8 Å². The Morgan fingerprint density at radius 3 is 3.05 bits per heavy atom. The van der Waals surface area contributed by atoms with Gasteiger partial charge in [-0.2, -0.15) is 8.78 Å². The minimum atomic E-state index is -2.92. The van der Waals surface area contributed by atoms with E-state index in [1.807, 2.05) is 0 Å². The Morgan fingerprint density at radius 1 is 1.50 bits per heavy atom. The summed E-state index contributed by atoms with van der Waals surface area (Å²) in [7, 11) is 0. The molecule has 2 fully saturated rings. The van der Waals surface area contributed by atoms with Gasteiger partial charge >= 0.3 is 12.6 Å². The zero-order chi connectivity index (χ0) is 15.5. The number of carbonyl (C=O) groups excluding carboxylic acids is 1. The molecule has 2 amide bonds. The molecule has 22 heavy (non-hydrogen) atoms. The quantitative estimate of drug-likeness (QED) is 0.869. The summed E-state index contributed by atoms with van der Waals surface area (Å²) < 4.78 is 34.1. The fraction of sp³-hybridized carbons (Fsp3) is 0.571. The second-order valence-electron chi connectivity index (χ2n) is 5.42. The molecule has 0 aliphatic carbocycles. The molecule has 2 aliphatic heterocycles. The number of urea groups is 1. The van der Waals surface area contributed by atoms with Crippen LogP contribution in [-0.4, -0.2) is 35.9 Å². The highest BCUT2D eigenvalue weighted by Crippen LogP contribution is 2.34. The second kappa shape index (κ2) is 6.43. The molecule has 0 saturated carbocycles. The molecule has 120 valence electrons. The van der Waals surface area contributed by atoms with Crippen LogP contribution in [0.25, 0.3) is 0 Å². The molecule has 1 aromatic rings. The monoisotopic (exact) mass is 313 g/mol. The van der Waals surface area contributed by atoms with Crippen LogP contribution in [0, 0.1) is 0 Å². The maximum Gasteiger partial charge on any atom is 0.388 e. The molecule has 2 saturated heterocycles. The molecule has 1 aromatic heterocycles. The SMILES string of the molecule is O=C(NCc1ccnc(OC(F)F)c1)N[C@@H]1C[C@H]2CC[C@@H]1O2. The van der Waals surface area contributed by atoms with Crippen molar-refractivity contribution in [3.8, 4) is 5.88 Å². The van der Waals surface area contributed by atoms with Crippen molar-refractivity contribution >= 4 is 6.03 Å². The number of fused-ring (bicyclic) bond motifs is 2. The van der Waals surface area contributed by atoms with E-state index in [4.69, 9.17) is 4.74 Å². The van der Waals surface area contributed by atoms with E-state index in [1.54, 1.807) is 6.07 Å². The standard InChI is InChI=1S/C14H17F2N3O3/c15-13(16)22-12-5-8(3-4-17-12)7-18-14(20)19-10-6-9-1-2-11(10)21-9/h3-5,9-11,13H,1-2,6-7H2,(H2,18,19,20)/t9-,10-,11+/m1/s1. The average molecular weight is 313 g/mol. The number of nitrogens with zero attached hydrogens (tertiary/aromatic N) is 1. The number of hydrogen-bond donors (Lipinski definition) is 2. The molecule has 3 rings (SSSR count). The van der Waals surface area contributed by atoms with Crippen LogP contribution in [0.5, 0.6) is 5.88 Å². The fourth-order valence-electron chi connectivity index (χ4n) is 2.91. The van der Waals surface area contributed by atoms with Gasteiger partial charge in [0.25, 0.3) is 0 Å². The van der Waals surface area contributed by atoms with Crippen molar-refractivity contribution in [2.24, 2.45) is 0 Å². The Balaban J connectivity index is 1.46. The summed E-state index contributed by atoms with van der Waals surface area (Å²) in [5.74, 6) is -0.170. The summed E-state index contributed by atoms with van der Waals surface area (Å²) >= 11 is 0. The predicted octanol–water partition coefficient (Wildman–Crippen LogP) is 1.80. The molecule has 0 radical (unpaired) electrons. The van der Waals surface area contributed by atoms with E-state index < -0.39 is 6.61 Å². The summed E-state index contributed by atoms with van der Waals surface area (Å²) in [5.41, 5.74) is 0.630. The number of aromatic nitrogens is 1. The van der Waals surface area contributed by atoms with Gasteiger partial charge in [-0.05, 0) is 30.9 Å². The molecule has 8 heteroatoms. The molecule has 0 unspecified atom stereocenters. The Bertz CT molecular complexity index is 544. The average Bonchev–Trinajstić information content (AvgIpc) is 3.07. The lowest BCUT2D eigenvalue weighted by atomic mass is 9.96. The third kappa shape index (κ3) is 3.62. The van der Waals surface area contributed by atoms with Gasteiger partial charge < -0.3 is 20.1 Å². The lowest BCUT2D eigenvalue weighted by Crippen LogP contribution is -2.46. The molecule has 3 atom stereocenters. The zero-order valence-electron chi connectivity index (χ0n) is 11.8.